The van der Waals surface area contributed by atoms with Crippen LogP contribution in [0.15, 0.2) is 35.5 Å². The molecule has 0 aromatic carbocycles. The number of hydrogen-bond donors (Lipinski definition) is 1. The Labute approximate surface area is 155 Å². The Morgan fingerprint density at radius 2 is 2.31 bits per heavy atom. The van der Waals surface area contributed by atoms with E-state index in [4.69, 9.17) is 0 Å². The van der Waals surface area contributed by atoms with Crippen LogP contribution in [-0.4, -0.2) is 48.4 Å². The lowest BCUT2D eigenvalue weighted by atomic mass is 10.1. The standard InChI is InChI=1S/C17H21N7OS/c1-22-6-14(5-21-22)8-23-7-13(9-24-15(10-23)2-3-20-24)4-18-17(25)16-11-26-12-19-16/h2-3,5-6,11-13H,4,7-10H2,1H3,(H,18,25)/t13-/m1/s1. The number of nitrogens with one attached hydrogen (secondary N) is 1. The summed E-state index contributed by atoms with van der Waals surface area (Å²) in [5.41, 5.74) is 4.54. The highest BCUT2D eigenvalue weighted by Gasteiger charge is 2.23. The van der Waals surface area contributed by atoms with Crippen molar-refractivity contribution in [3.63, 3.8) is 0 Å². The second-order valence-electron chi connectivity index (χ2n) is 6.65. The normalized spacial score (nSPS) is 17.7. The van der Waals surface area contributed by atoms with Gasteiger partial charge in [0.15, 0.2) is 0 Å². The lowest BCUT2D eigenvalue weighted by molar-refractivity contribution is 0.0936. The van der Waals surface area contributed by atoms with Crippen LogP contribution in [0.25, 0.3) is 0 Å². The molecule has 0 fully saturated rings. The molecule has 0 bridgehead atoms. The van der Waals surface area contributed by atoms with Crippen molar-refractivity contribution in [3.05, 3.63) is 52.5 Å². The van der Waals surface area contributed by atoms with E-state index >= 15 is 0 Å². The van der Waals surface area contributed by atoms with Gasteiger partial charge in [0.05, 0.1) is 17.4 Å². The molecular weight excluding hydrogens is 350 g/mol. The fourth-order valence-electron chi connectivity index (χ4n) is 3.33. The molecule has 1 atom stereocenters. The molecule has 0 unspecified atom stereocenters. The summed E-state index contributed by atoms with van der Waals surface area (Å²) in [7, 11) is 1.93. The molecule has 1 N–H and O–H groups in total. The van der Waals surface area contributed by atoms with Crippen LogP contribution >= 0.6 is 11.3 Å². The molecule has 0 saturated carbocycles. The van der Waals surface area contributed by atoms with Crippen LogP contribution in [0, 0.1) is 5.92 Å². The quantitative estimate of drug-likeness (QED) is 0.727. The van der Waals surface area contributed by atoms with Gasteiger partial charge in [0, 0.05) is 69.0 Å². The molecule has 1 amide bonds. The first-order valence-electron chi connectivity index (χ1n) is 8.54. The van der Waals surface area contributed by atoms with E-state index in [2.05, 4.69) is 31.5 Å². The molecule has 0 aliphatic carbocycles. The van der Waals surface area contributed by atoms with Gasteiger partial charge in [-0.25, -0.2) is 4.98 Å². The number of carbonyl (C=O) groups is 1. The molecule has 9 heteroatoms. The van der Waals surface area contributed by atoms with Gasteiger partial charge in [0.2, 0.25) is 0 Å². The number of aromatic nitrogens is 5. The first kappa shape index (κ1) is 16.9. The summed E-state index contributed by atoms with van der Waals surface area (Å²) in [6.45, 7) is 3.94. The SMILES string of the molecule is Cn1cc(CN2Cc3ccnn3C[C@H](CNC(=O)c3cscn3)C2)cn1. The summed E-state index contributed by atoms with van der Waals surface area (Å²) < 4.78 is 3.87. The highest BCUT2D eigenvalue weighted by Crippen LogP contribution is 2.18. The highest BCUT2D eigenvalue weighted by molar-refractivity contribution is 7.07. The van der Waals surface area contributed by atoms with E-state index in [0.717, 1.165) is 26.2 Å². The molecule has 0 radical (unpaired) electrons. The number of fused-ring (bicyclic) bond motifs is 1. The van der Waals surface area contributed by atoms with Crippen molar-refractivity contribution in [1.29, 1.82) is 0 Å². The van der Waals surface area contributed by atoms with Crippen molar-refractivity contribution in [2.45, 2.75) is 19.6 Å². The predicted octanol–water partition coefficient (Wildman–Crippen LogP) is 1.14. The third-order valence-electron chi connectivity index (χ3n) is 4.52. The summed E-state index contributed by atoms with van der Waals surface area (Å²) in [5, 5.41) is 13.5. The molecule has 4 rings (SSSR count). The number of carbonyl (C=O) groups excluding carboxylic acids is 1. The van der Waals surface area contributed by atoms with E-state index in [1.807, 2.05) is 35.0 Å². The molecule has 1 aliphatic heterocycles. The smallest absolute Gasteiger partial charge is 0.270 e. The fraction of sp³-hybridized carbons (Fsp3) is 0.412. The topological polar surface area (TPSA) is 80.9 Å². The minimum absolute atomic E-state index is 0.116. The molecule has 3 aromatic rings. The van der Waals surface area contributed by atoms with Crippen molar-refractivity contribution in [1.82, 2.24) is 34.8 Å². The summed E-state index contributed by atoms with van der Waals surface area (Å²) in [6, 6.07) is 2.06. The molecule has 8 nitrogen and oxygen atoms in total. The Morgan fingerprint density at radius 3 is 3.08 bits per heavy atom. The second kappa shape index (κ2) is 7.38. The van der Waals surface area contributed by atoms with Gasteiger partial charge in [-0.05, 0) is 6.07 Å². The van der Waals surface area contributed by atoms with Crippen molar-refractivity contribution < 1.29 is 4.79 Å². The summed E-state index contributed by atoms with van der Waals surface area (Å²) >= 11 is 1.43. The van der Waals surface area contributed by atoms with Gasteiger partial charge in [0.1, 0.15) is 5.69 Å². The largest absolute Gasteiger partial charge is 0.350 e. The molecule has 4 heterocycles. The second-order valence-corrected chi connectivity index (χ2v) is 7.36. The average Bonchev–Trinajstić information content (AvgIpc) is 3.35. The van der Waals surface area contributed by atoms with E-state index in [0.29, 0.717) is 12.2 Å². The van der Waals surface area contributed by atoms with Gasteiger partial charge in [-0.2, -0.15) is 10.2 Å². The van der Waals surface area contributed by atoms with Crippen LogP contribution in [-0.2, 0) is 26.7 Å². The van der Waals surface area contributed by atoms with Crippen LogP contribution in [0.5, 0.6) is 0 Å². The summed E-state index contributed by atoms with van der Waals surface area (Å²) in [5.74, 6) is 0.158. The maximum absolute atomic E-state index is 12.2. The Hall–Kier alpha value is -2.52. The molecule has 0 saturated heterocycles. The zero-order chi connectivity index (χ0) is 17.9. The highest BCUT2D eigenvalue weighted by atomic mass is 32.1. The van der Waals surface area contributed by atoms with E-state index in [-0.39, 0.29) is 11.8 Å². The lowest BCUT2D eigenvalue weighted by Crippen LogP contribution is -2.36. The summed E-state index contributed by atoms with van der Waals surface area (Å²) in [4.78, 5) is 18.6. The number of amides is 1. The van der Waals surface area contributed by atoms with Crippen LogP contribution in [0.3, 0.4) is 0 Å². The molecule has 1 aliphatic rings. The predicted molar refractivity (Wildman–Crippen MR) is 97.5 cm³/mol. The fourth-order valence-corrected chi connectivity index (χ4v) is 3.87. The minimum Gasteiger partial charge on any atom is -0.350 e. The third kappa shape index (κ3) is 3.83. The first-order chi connectivity index (χ1) is 12.7. The number of hydrogen-bond acceptors (Lipinski definition) is 6. The Balaban J connectivity index is 1.44. The van der Waals surface area contributed by atoms with E-state index < -0.39 is 0 Å². The van der Waals surface area contributed by atoms with Crippen LogP contribution < -0.4 is 5.32 Å². The Kier molecular flexibility index (Phi) is 4.81. The third-order valence-corrected chi connectivity index (χ3v) is 5.10. The molecule has 3 aromatic heterocycles. The van der Waals surface area contributed by atoms with Gasteiger partial charge in [-0.15, -0.1) is 11.3 Å². The van der Waals surface area contributed by atoms with Gasteiger partial charge in [-0.1, -0.05) is 0 Å². The number of rotatable bonds is 5. The van der Waals surface area contributed by atoms with Crippen molar-refractivity contribution >= 4 is 17.2 Å². The van der Waals surface area contributed by atoms with Gasteiger partial charge >= 0.3 is 0 Å². The zero-order valence-electron chi connectivity index (χ0n) is 14.6. The van der Waals surface area contributed by atoms with Gasteiger partial charge < -0.3 is 5.32 Å². The zero-order valence-corrected chi connectivity index (χ0v) is 15.4. The maximum atomic E-state index is 12.2. The maximum Gasteiger partial charge on any atom is 0.270 e. The van der Waals surface area contributed by atoms with Crippen LogP contribution in [0.1, 0.15) is 21.7 Å². The molecule has 0 spiro atoms. The average molecular weight is 371 g/mol. The number of thiazole rings is 1. The van der Waals surface area contributed by atoms with Gasteiger partial charge in [-0.3, -0.25) is 19.1 Å². The van der Waals surface area contributed by atoms with E-state index in [9.17, 15) is 4.79 Å². The molecule has 26 heavy (non-hydrogen) atoms. The lowest BCUT2D eigenvalue weighted by Gasteiger charge is -2.23. The number of aryl methyl sites for hydroxylation is 1. The van der Waals surface area contributed by atoms with Gasteiger partial charge in [0.25, 0.3) is 5.91 Å². The summed E-state index contributed by atoms with van der Waals surface area (Å²) in [6.07, 6.45) is 5.79. The van der Waals surface area contributed by atoms with E-state index in [1.165, 1.54) is 22.6 Å². The van der Waals surface area contributed by atoms with Crippen molar-refractivity contribution in [2.75, 3.05) is 13.1 Å². The van der Waals surface area contributed by atoms with Crippen LogP contribution in [0.2, 0.25) is 0 Å². The Bertz CT molecular complexity index is 869. The molecule has 136 valence electrons. The monoisotopic (exact) mass is 371 g/mol. The van der Waals surface area contributed by atoms with E-state index in [1.54, 1.807) is 10.9 Å². The minimum atomic E-state index is -0.116. The molecular formula is C17H21N7OS. The Morgan fingerprint density at radius 1 is 1.38 bits per heavy atom. The van der Waals surface area contributed by atoms with Crippen LogP contribution in [0.4, 0.5) is 0 Å². The first-order valence-corrected chi connectivity index (χ1v) is 9.48. The van der Waals surface area contributed by atoms with Crippen molar-refractivity contribution in [3.8, 4) is 0 Å². The number of nitrogens with zero attached hydrogens (tertiary/aromatic N) is 6. The van der Waals surface area contributed by atoms with Crippen molar-refractivity contribution in [2.24, 2.45) is 13.0 Å².